The predicted molar refractivity (Wildman–Crippen MR) is 119 cm³/mol. The van der Waals surface area contributed by atoms with Crippen LogP contribution in [-0.2, 0) is 19.3 Å². The first kappa shape index (κ1) is 21.2. The van der Waals surface area contributed by atoms with Gasteiger partial charge in [-0.1, -0.05) is 6.07 Å². The van der Waals surface area contributed by atoms with E-state index in [0.717, 1.165) is 48.1 Å². The molecule has 3 heterocycles. The first-order valence-electron chi connectivity index (χ1n) is 11.1. The zero-order valence-electron chi connectivity index (χ0n) is 18.1. The molecule has 0 unspecified atom stereocenters. The number of nitrogens with zero attached hydrogens (tertiary/aromatic N) is 6. The van der Waals surface area contributed by atoms with Gasteiger partial charge in [0.2, 0.25) is 5.95 Å². The molecule has 33 heavy (non-hydrogen) atoms. The van der Waals surface area contributed by atoms with Crippen LogP contribution in [0.15, 0.2) is 35.6 Å². The average molecular weight is 449 g/mol. The number of nitrogens with one attached hydrogen (secondary N) is 1. The molecule has 1 aromatic carbocycles. The maximum absolute atomic E-state index is 14.6. The molecule has 10 heteroatoms. The van der Waals surface area contributed by atoms with Gasteiger partial charge < -0.3 is 9.80 Å². The third kappa shape index (κ3) is 4.33. The molecule has 0 radical (unpaired) electrons. The lowest BCUT2D eigenvalue weighted by Gasteiger charge is -2.34. The monoisotopic (exact) mass is 449 g/mol. The van der Waals surface area contributed by atoms with Crippen molar-refractivity contribution in [2.45, 2.75) is 32.1 Å². The minimum atomic E-state index is -0.542. The summed E-state index contributed by atoms with van der Waals surface area (Å²) in [5.74, 6) is -0.303. The number of halogens is 1. The van der Waals surface area contributed by atoms with Crippen LogP contribution in [0.25, 0.3) is 0 Å². The van der Waals surface area contributed by atoms with E-state index < -0.39 is 5.82 Å². The third-order valence-corrected chi connectivity index (χ3v) is 6.34. The smallest absolute Gasteiger partial charge is 0.267 e. The maximum Gasteiger partial charge on any atom is 0.267 e. The average Bonchev–Trinajstić information content (AvgIpc) is 2.87. The Morgan fingerprint density at radius 1 is 1.03 bits per heavy atom. The number of aromatic amines is 1. The molecule has 3 aromatic rings. The van der Waals surface area contributed by atoms with Crippen molar-refractivity contribution >= 4 is 11.9 Å². The number of amides is 1. The maximum atomic E-state index is 14.6. The van der Waals surface area contributed by atoms with Gasteiger partial charge >= 0.3 is 0 Å². The number of rotatable bonds is 4. The summed E-state index contributed by atoms with van der Waals surface area (Å²) >= 11 is 0. The van der Waals surface area contributed by atoms with Crippen LogP contribution in [0.4, 0.5) is 10.3 Å². The number of carbonyl (C=O) groups is 1. The Morgan fingerprint density at radius 3 is 2.52 bits per heavy atom. The van der Waals surface area contributed by atoms with Gasteiger partial charge in [0.15, 0.2) is 0 Å². The minimum Gasteiger partial charge on any atom is -0.337 e. The van der Waals surface area contributed by atoms with Crippen LogP contribution in [0.3, 0.4) is 0 Å². The highest BCUT2D eigenvalue weighted by molar-refractivity contribution is 5.94. The number of benzene rings is 1. The molecule has 1 amide bonds. The highest BCUT2D eigenvalue weighted by Crippen LogP contribution is 2.23. The van der Waals surface area contributed by atoms with Gasteiger partial charge in [0, 0.05) is 38.2 Å². The molecule has 170 valence electrons. The van der Waals surface area contributed by atoms with Crippen LogP contribution in [0.5, 0.6) is 0 Å². The van der Waals surface area contributed by atoms with Gasteiger partial charge in [0.25, 0.3) is 11.5 Å². The molecule has 0 atom stereocenters. The van der Waals surface area contributed by atoms with E-state index in [9.17, 15) is 14.0 Å². The number of fused-ring (bicyclic) bond motifs is 1. The zero-order chi connectivity index (χ0) is 22.8. The van der Waals surface area contributed by atoms with Crippen molar-refractivity contribution in [3.05, 3.63) is 75.0 Å². The van der Waals surface area contributed by atoms with Crippen LogP contribution in [0, 0.1) is 5.82 Å². The number of hydrogen-bond donors (Lipinski definition) is 1. The van der Waals surface area contributed by atoms with Gasteiger partial charge in [0.1, 0.15) is 18.5 Å². The van der Waals surface area contributed by atoms with Crippen LogP contribution in [0.1, 0.15) is 45.6 Å². The fraction of sp³-hybridized carbons (Fsp3) is 0.391. The molecule has 0 bridgehead atoms. The zero-order valence-corrected chi connectivity index (χ0v) is 18.1. The Balaban J connectivity index is 1.32. The van der Waals surface area contributed by atoms with E-state index in [4.69, 9.17) is 0 Å². The lowest BCUT2D eigenvalue weighted by molar-refractivity contribution is 0.0741. The van der Waals surface area contributed by atoms with Crippen molar-refractivity contribution in [1.82, 2.24) is 30.0 Å². The van der Waals surface area contributed by atoms with Crippen molar-refractivity contribution in [3.8, 4) is 0 Å². The van der Waals surface area contributed by atoms with E-state index in [0.29, 0.717) is 38.5 Å². The van der Waals surface area contributed by atoms with Crippen molar-refractivity contribution in [1.29, 1.82) is 0 Å². The highest BCUT2D eigenvalue weighted by Gasteiger charge is 2.26. The van der Waals surface area contributed by atoms with Crippen molar-refractivity contribution in [3.63, 3.8) is 0 Å². The van der Waals surface area contributed by atoms with E-state index in [1.54, 1.807) is 17.0 Å². The van der Waals surface area contributed by atoms with Crippen LogP contribution >= 0.6 is 0 Å². The summed E-state index contributed by atoms with van der Waals surface area (Å²) in [5.41, 5.74) is 3.31. The second-order valence-electron chi connectivity index (χ2n) is 8.37. The van der Waals surface area contributed by atoms with Crippen LogP contribution in [0.2, 0.25) is 0 Å². The van der Waals surface area contributed by atoms with Crippen molar-refractivity contribution in [2.75, 3.05) is 31.1 Å². The molecule has 9 nitrogen and oxygen atoms in total. The van der Waals surface area contributed by atoms with E-state index in [2.05, 4.69) is 25.1 Å². The molecular formula is C23H24FN7O2. The Morgan fingerprint density at radius 2 is 1.76 bits per heavy atom. The summed E-state index contributed by atoms with van der Waals surface area (Å²) in [6.45, 7) is 2.02. The first-order chi connectivity index (χ1) is 16.1. The van der Waals surface area contributed by atoms with Gasteiger partial charge in [-0.3, -0.25) is 9.59 Å². The summed E-state index contributed by atoms with van der Waals surface area (Å²) < 4.78 is 14.6. The Bertz CT molecular complexity index is 1220. The molecule has 1 aliphatic carbocycles. The molecule has 2 aromatic heterocycles. The largest absolute Gasteiger partial charge is 0.337 e. The molecule has 1 aliphatic heterocycles. The van der Waals surface area contributed by atoms with Gasteiger partial charge in [-0.25, -0.2) is 24.4 Å². The first-order valence-corrected chi connectivity index (χ1v) is 11.1. The summed E-state index contributed by atoms with van der Waals surface area (Å²) in [6.07, 6.45) is 6.91. The number of aromatic nitrogens is 5. The number of piperazine rings is 1. The number of carbonyl (C=O) groups excluding carboxylic acids is 1. The quantitative estimate of drug-likeness (QED) is 0.643. The SMILES string of the molecule is O=C(c1cc(Cc2n[nH]c(=O)c3c2CCCC3)ccc1F)N1CCN(c2ncncn2)CC1. The number of hydrogen-bond acceptors (Lipinski definition) is 7. The Kier molecular flexibility index (Phi) is 5.80. The third-order valence-electron chi connectivity index (χ3n) is 6.34. The Hall–Kier alpha value is -3.69. The number of H-pyrrole nitrogens is 1. The van der Waals surface area contributed by atoms with E-state index in [-0.39, 0.29) is 17.0 Å². The van der Waals surface area contributed by atoms with Crippen molar-refractivity contribution < 1.29 is 9.18 Å². The number of anilines is 1. The van der Waals surface area contributed by atoms with E-state index in [1.807, 2.05) is 4.90 Å². The normalized spacial score (nSPS) is 15.9. The van der Waals surface area contributed by atoms with Gasteiger partial charge in [-0.05, 0) is 48.9 Å². The summed E-state index contributed by atoms with van der Waals surface area (Å²) in [7, 11) is 0. The molecule has 5 rings (SSSR count). The lowest BCUT2D eigenvalue weighted by atomic mass is 9.90. The minimum absolute atomic E-state index is 0.0550. The molecule has 0 spiro atoms. The predicted octanol–water partition coefficient (Wildman–Crippen LogP) is 1.53. The summed E-state index contributed by atoms with van der Waals surface area (Å²) in [6, 6.07) is 4.62. The van der Waals surface area contributed by atoms with E-state index >= 15 is 0 Å². The van der Waals surface area contributed by atoms with Gasteiger partial charge in [0.05, 0.1) is 11.3 Å². The fourth-order valence-corrected chi connectivity index (χ4v) is 4.59. The van der Waals surface area contributed by atoms with Gasteiger partial charge in [-0.2, -0.15) is 5.10 Å². The molecule has 1 N–H and O–H groups in total. The van der Waals surface area contributed by atoms with Crippen molar-refractivity contribution in [2.24, 2.45) is 0 Å². The molecular weight excluding hydrogens is 425 g/mol. The second-order valence-corrected chi connectivity index (χ2v) is 8.37. The van der Waals surface area contributed by atoms with Crippen LogP contribution in [-0.4, -0.2) is 62.1 Å². The molecule has 2 aliphatic rings. The standard InChI is InChI=1S/C23H24FN7O2/c24-19-6-5-15(12-20-16-3-1-2-4-17(16)21(32)29-28-20)11-18(19)22(33)30-7-9-31(10-8-30)23-26-13-25-14-27-23/h5-6,11,13-14H,1-4,7-10,12H2,(H,29,32). The van der Waals surface area contributed by atoms with Crippen LogP contribution < -0.4 is 10.5 Å². The summed E-state index contributed by atoms with van der Waals surface area (Å²) in [4.78, 5) is 41.0. The molecule has 1 fully saturated rings. The highest BCUT2D eigenvalue weighted by atomic mass is 19.1. The summed E-state index contributed by atoms with van der Waals surface area (Å²) in [5, 5.41) is 6.86. The molecule has 0 saturated carbocycles. The van der Waals surface area contributed by atoms with Gasteiger partial charge in [-0.15, -0.1) is 0 Å². The molecule has 1 saturated heterocycles. The fourth-order valence-electron chi connectivity index (χ4n) is 4.59. The van der Waals surface area contributed by atoms with E-state index in [1.165, 1.54) is 18.7 Å². The Labute approximate surface area is 189 Å². The lowest BCUT2D eigenvalue weighted by Crippen LogP contribution is -2.49. The second kappa shape index (κ2) is 9.05. The topological polar surface area (TPSA) is 108 Å².